The standard InChI is InChI=1S/C28H39NO6/c1-28(2,3)35-27(31)29-15-14-25(26(20-29)34-19-16-30)23-10-12-24(13-11-23)33-18-7-17-32-21-22-8-5-4-6-9-22/h4-6,8-13,25-26,30H,7,14-21H2,1-3H3. The molecule has 1 fully saturated rings. The Morgan fingerprint density at radius 3 is 2.46 bits per heavy atom. The zero-order chi connectivity index (χ0) is 25.1. The van der Waals surface area contributed by atoms with Gasteiger partial charge in [-0.2, -0.15) is 0 Å². The van der Waals surface area contributed by atoms with Crippen LogP contribution in [0.3, 0.4) is 0 Å². The van der Waals surface area contributed by atoms with Gasteiger partial charge in [0.1, 0.15) is 11.4 Å². The molecular weight excluding hydrogens is 446 g/mol. The number of aliphatic hydroxyl groups excluding tert-OH is 1. The maximum Gasteiger partial charge on any atom is 0.410 e. The summed E-state index contributed by atoms with van der Waals surface area (Å²) in [6.07, 6.45) is 1.03. The maximum absolute atomic E-state index is 12.5. The Balaban J connectivity index is 1.46. The van der Waals surface area contributed by atoms with Gasteiger partial charge in [-0.25, -0.2) is 4.79 Å². The molecule has 0 spiro atoms. The summed E-state index contributed by atoms with van der Waals surface area (Å²) in [4.78, 5) is 14.2. The quantitative estimate of drug-likeness (QED) is 0.462. The molecule has 2 unspecified atom stereocenters. The molecule has 2 aromatic rings. The van der Waals surface area contributed by atoms with Crippen LogP contribution in [0.1, 0.15) is 50.7 Å². The summed E-state index contributed by atoms with van der Waals surface area (Å²) in [5.74, 6) is 0.941. The number of amides is 1. The van der Waals surface area contributed by atoms with E-state index in [1.807, 2.05) is 51.1 Å². The third-order valence-electron chi connectivity index (χ3n) is 5.76. The highest BCUT2D eigenvalue weighted by atomic mass is 16.6. The van der Waals surface area contributed by atoms with E-state index in [9.17, 15) is 9.90 Å². The normalized spacial score (nSPS) is 18.3. The first-order chi connectivity index (χ1) is 16.9. The van der Waals surface area contributed by atoms with Crippen molar-refractivity contribution in [2.75, 3.05) is 39.5 Å². The SMILES string of the molecule is CC(C)(C)OC(=O)N1CCC(c2ccc(OCCCOCc3ccccc3)cc2)C(OCCO)C1. The molecule has 35 heavy (non-hydrogen) atoms. The molecule has 1 amide bonds. The van der Waals surface area contributed by atoms with Crippen molar-refractivity contribution in [3.63, 3.8) is 0 Å². The summed E-state index contributed by atoms with van der Waals surface area (Å²) in [5, 5.41) is 9.26. The molecule has 3 rings (SSSR count). The molecule has 1 N–H and O–H groups in total. The largest absolute Gasteiger partial charge is 0.494 e. The Labute approximate surface area is 208 Å². The summed E-state index contributed by atoms with van der Waals surface area (Å²) in [6.45, 7) is 8.63. The lowest BCUT2D eigenvalue weighted by atomic mass is 9.87. The Hall–Kier alpha value is -2.61. The number of piperidine rings is 1. The number of nitrogens with zero attached hydrogens (tertiary/aromatic N) is 1. The molecule has 0 radical (unpaired) electrons. The van der Waals surface area contributed by atoms with Crippen LogP contribution in [-0.4, -0.2) is 67.3 Å². The van der Waals surface area contributed by atoms with E-state index in [1.54, 1.807) is 4.90 Å². The molecule has 1 heterocycles. The molecule has 0 aliphatic carbocycles. The number of ether oxygens (including phenoxy) is 4. The number of aliphatic hydroxyl groups is 1. The van der Waals surface area contributed by atoms with Crippen molar-refractivity contribution >= 4 is 6.09 Å². The van der Waals surface area contributed by atoms with E-state index in [0.29, 0.717) is 32.9 Å². The molecule has 2 aromatic carbocycles. The van der Waals surface area contributed by atoms with E-state index in [4.69, 9.17) is 18.9 Å². The van der Waals surface area contributed by atoms with E-state index in [0.717, 1.165) is 24.2 Å². The Morgan fingerprint density at radius 2 is 1.77 bits per heavy atom. The molecule has 1 aliphatic heterocycles. The third kappa shape index (κ3) is 9.17. The first kappa shape index (κ1) is 27.0. The number of hydrogen-bond acceptors (Lipinski definition) is 6. The van der Waals surface area contributed by atoms with E-state index < -0.39 is 5.60 Å². The van der Waals surface area contributed by atoms with Crippen LogP contribution in [0, 0.1) is 0 Å². The summed E-state index contributed by atoms with van der Waals surface area (Å²) < 4.78 is 23.0. The van der Waals surface area contributed by atoms with Crippen LogP contribution >= 0.6 is 0 Å². The van der Waals surface area contributed by atoms with Crippen molar-refractivity contribution < 1.29 is 28.8 Å². The highest BCUT2D eigenvalue weighted by Gasteiger charge is 2.35. The number of benzene rings is 2. The van der Waals surface area contributed by atoms with Gasteiger partial charge in [0.15, 0.2) is 0 Å². The molecule has 0 aromatic heterocycles. The van der Waals surface area contributed by atoms with E-state index in [2.05, 4.69) is 24.3 Å². The van der Waals surface area contributed by atoms with Crippen molar-refractivity contribution in [3.8, 4) is 5.75 Å². The zero-order valence-corrected chi connectivity index (χ0v) is 21.2. The van der Waals surface area contributed by atoms with Crippen molar-refractivity contribution in [2.24, 2.45) is 0 Å². The highest BCUT2D eigenvalue weighted by molar-refractivity contribution is 5.68. The van der Waals surface area contributed by atoms with Gasteiger partial charge in [-0.1, -0.05) is 42.5 Å². The fourth-order valence-electron chi connectivity index (χ4n) is 4.09. The fourth-order valence-corrected chi connectivity index (χ4v) is 4.09. The molecule has 7 heteroatoms. The predicted molar refractivity (Wildman–Crippen MR) is 135 cm³/mol. The van der Waals surface area contributed by atoms with Gasteiger partial charge in [0.25, 0.3) is 0 Å². The van der Waals surface area contributed by atoms with Crippen molar-refractivity contribution in [1.29, 1.82) is 0 Å². The molecule has 192 valence electrons. The van der Waals surface area contributed by atoms with Crippen LogP contribution in [-0.2, 0) is 20.8 Å². The van der Waals surface area contributed by atoms with Gasteiger partial charge in [0.2, 0.25) is 0 Å². The van der Waals surface area contributed by atoms with Crippen molar-refractivity contribution in [2.45, 2.75) is 57.8 Å². The lowest BCUT2D eigenvalue weighted by Crippen LogP contribution is -2.48. The second-order valence-electron chi connectivity index (χ2n) is 9.76. The van der Waals surface area contributed by atoms with E-state index in [1.165, 1.54) is 5.56 Å². The van der Waals surface area contributed by atoms with Crippen LogP contribution in [0.2, 0.25) is 0 Å². The smallest absolute Gasteiger partial charge is 0.410 e. The number of hydrogen-bond donors (Lipinski definition) is 1. The molecule has 1 aliphatic rings. The van der Waals surface area contributed by atoms with Crippen LogP contribution in [0.15, 0.2) is 54.6 Å². The minimum atomic E-state index is -0.542. The van der Waals surface area contributed by atoms with Gasteiger partial charge in [0, 0.05) is 18.9 Å². The van der Waals surface area contributed by atoms with Crippen LogP contribution < -0.4 is 4.74 Å². The Bertz CT molecular complexity index is 881. The average molecular weight is 486 g/mol. The van der Waals surface area contributed by atoms with Gasteiger partial charge < -0.3 is 29.0 Å². The number of rotatable bonds is 11. The minimum absolute atomic E-state index is 0.0580. The topological polar surface area (TPSA) is 77.5 Å². The molecule has 7 nitrogen and oxygen atoms in total. The molecule has 0 bridgehead atoms. The van der Waals surface area contributed by atoms with Gasteiger partial charge in [-0.15, -0.1) is 0 Å². The lowest BCUT2D eigenvalue weighted by Gasteiger charge is -2.39. The lowest BCUT2D eigenvalue weighted by molar-refractivity contribution is -0.0376. The molecule has 0 saturated carbocycles. The van der Waals surface area contributed by atoms with Gasteiger partial charge in [0.05, 0.1) is 45.7 Å². The zero-order valence-electron chi connectivity index (χ0n) is 21.2. The average Bonchev–Trinajstić information content (AvgIpc) is 2.84. The fraction of sp³-hybridized carbons (Fsp3) is 0.536. The van der Waals surface area contributed by atoms with Crippen LogP contribution in [0.25, 0.3) is 0 Å². The van der Waals surface area contributed by atoms with Gasteiger partial charge in [-0.3, -0.25) is 0 Å². The summed E-state index contributed by atoms with van der Waals surface area (Å²) in [7, 11) is 0. The monoisotopic (exact) mass is 485 g/mol. The van der Waals surface area contributed by atoms with Gasteiger partial charge >= 0.3 is 6.09 Å². The maximum atomic E-state index is 12.5. The summed E-state index contributed by atoms with van der Waals surface area (Å²) in [5.41, 5.74) is 1.76. The highest BCUT2D eigenvalue weighted by Crippen LogP contribution is 2.32. The Kier molecular flexibility index (Phi) is 10.4. The minimum Gasteiger partial charge on any atom is -0.494 e. The van der Waals surface area contributed by atoms with Crippen LogP contribution in [0.5, 0.6) is 5.75 Å². The Morgan fingerprint density at radius 1 is 1.03 bits per heavy atom. The first-order valence-corrected chi connectivity index (χ1v) is 12.4. The first-order valence-electron chi connectivity index (χ1n) is 12.4. The second kappa shape index (κ2) is 13.5. The number of carbonyl (C=O) groups is 1. The van der Waals surface area contributed by atoms with Crippen molar-refractivity contribution in [3.05, 3.63) is 65.7 Å². The number of likely N-dealkylation sites (tertiary alicyclic amines) is 1. The molecule has 1 saturated heterocycles. The van der Waals surface area contributed by atoms with Crippen LogP contribution in [0.4, 0.5) is 4.79 Å². The van der Waals surface area contributed by atoms with E-state index >= 15 is 0 Å². The van der Waals surface area contributed by atoms with Crippen molar-refractivity contribution in [1.82, 2.24) is 4.90 Å². The molecule has 2 atom stereocenters. The second-order valence-corrected chi connectivity index (χ2v) is 9.76. The summed E-state index contributed by atoms with van der Waals surface area (Å²) >= 11 is 0. The third-order valence-corrected chi connectivity index (χ3v) is 5.76. The van der Waals surface area contributed by atoms with Gasteiger partial charge in [-0.05, 0) is 50.5 Å². The predicted octanol–water partition coefficient (Wildman–Crippen LogP) is 4.77. The number of carbonyl (C=O) groups excluding carboxylic acids is 1. The molecular formula is C28H39NO6. The van der Waals surface area contributed by atoms with E-state index in [-0.39, 0.29) is 31.3 Å². The summed E-state index contributed by atoms with van der Waals surface area (Å²) in [6, 6.07) is 18.2.